The van der Waals surface area contributed by atoms with Gasteiger partial charge in [0.05, 0.1) is 0 Å². The van der Waals surface area contributed by atoms with E-state index in [9.17, 15) is 0 Å². The highest BCUT2D eigenvalue weighted by Gasteiger charge is 2.12. The minimum atomic E-state index is 0.628. The van der Waals surface area contributed by atoms with Crippen LogP contribution in [-0.2, 0) is 6.54 Å². The second-order valence-electron chi connectivity index (χ2n) is 3.18. The van der Waals surface area contributed by atoms with Crippen LogP contribution in [0.15, 0.2) is 14.4 Å². The van der Waals surface area contributed by atoms with Gasteiger partial charge in [-0.2, -0.15) is 0 Å². The number of halogens is 2. The molecule has 0 fully saturated rings. The summed E-state index contributed by atoms with van der Waals surface area (Å²) >= 11 is 8.58. The molecule has 0 saturated carbocycles. The lowest BCUT2D eigenvalue weighted by atomic mass is 10.2. The third-order valence-corrected chi connectivity index (χ3v) is 4.13. The molecule has 5 heteroatoms. The first-order chi connectivity index (χ1) is 6.06. The van der Waals surface area contributed by atoms with Crippen LogP contribution in [0.4, 0.5) is 0 Å². The van der Waals surface area contributed by atoms with Crippen molar-refractivity contribution in [3.05, 3.63) is 9.21 Å². The van der Waals surface area contributed by atoms with E-state index in [0.717, 1.165) is 20.9 Å². The molecule has 0 aliphatic rings. The SMILES string of the molecule is CSc1nc(Br)c(Br)n1CC(C)C. The summed E-state index contributed by atoms with van der Waals surface area (Å²) in [5, 5.41) is 1.05. The van der Waals surface area contributed by atoms with Gasteiger partial charge in [0.1, 0.15) is 9.21 Å². The molecule has 0 aliphatic carbocycles. The lowest BCUT2D eigenvalue weighted by Gasteiger charge is -2.09. The van der Waals surface area contributed by atoms with Gasteiger partial charge < -0.3 is 4.57 Å². The zero-order valence-corrected chi connectivity index (χ0v) is 11.8. The fraction of sp³-hybridized carbons (Fsp3) is 0.625. The molecular weight excluding hydrogens is 316 g/mol. The monoisotopic (exact) mass is 326 g/mol. The predicted molar refractivity (Wildman–Crippen MR) is 64.2 cm³/mol. The highest BCUT2D eigenvalue weighted by molar-refractivity contribution is 9.13. The molecule has 0 spiro atoms. The van der Waals surface area contributed by atoms with Crippen LogP contribution >= 0.6 is 43.6 Å². The van der Waals surface area contributed by atoms with Gasteiger partial charge in [0, 0.05) is 6.54 Å². The molecule has 2 nitrogen and oxygen atoms in total. The zero-order valence-electron chi connectivity index (χ0n) is 7.84. The van der Waals surface area contributed by atoms with Gasteiger partial charge in [-0.05, 0) is 44.0 Å². The number of hydrogen-bond acceptors (Lipinski definition) is 2. The van der Waals surface area contributed by atoms with E-state index in [1.54, 1.807) is 11.8 Å². The Bertz CT molecular complexity index is 297. The topological polar surface area (TPSA) is 17.8 Å². The maximum atomic E-state index is 4.38. The minimum Gasteiger partial charge on any atom is -0.312 e. The molecule has 0 aromatic carbocycles. The maximum absolute atomic E-state index is 4.38. The van der Waals surface area contributed by atoms with Gasteiger partial charge in [-0.25, -0.2) is 4.98 Å². The fourth-order valence-electron chi connectivity index (χ4n) is 1.07. The first-order valence-electron chi connectivity index (χ1n) is 4.01. The Morgan fingerprint density at radius 1 is 1.46 bits per heavy atom. The summed E-state index contributed by atoms with van der Waals surface area (Å²) in [6.07, 6.45) is 2.04. The van der Waals surface area contributed by atoms with Crippen molar-refractivity contribution in [1.29, 1.82) is 0 Å². The summed E-state index contributed by atoms with van der Waals surface area (Å²) in [6, 6.07) is 0. The first-order valence-corrected chi connectivity index (χ1v) is 6.82. The molecule has 1 aromatic rings. The van der Waals surface area contributed by atoms with E-state index in [4.69, 9.17) is 0 Å². The second-order valence-corrected chi connectivity index (χ2v) is 5.46. The lowest BCUT2D eigenvalue weighted by molar-refractivity contribution is 0.488. The van der Waals surface area contributed by atoms with Gasteiger partial charge in [0.25, 0.3) is 0 Å². The standard InChI is InChI=1S/C8H12Br2N2S/c1-5(2)4-12-7(10)6(9)11-8(12)13-3/h5H,4H2,1-3H3. The molecule has 0 aliphatic heterocycles. The summed E-state index contributed by atoms with van der Waals surface area (Å²) in [7, 11) is 0. The zero-order chi connectivity index (χ0) is 10.0. The van der Waals surface area contributed by atoms with E-state index >= 15 is 0 Å². The van der Waals surface area contributed by atoms with Crippen molar-refractivity contribution in [2.75, 3.05) is 6.26 Å². The molecule has 1 heterocycles. The van der Waals surface area contributed by atoms with Crippen LogP contribution in [0.25, 0.3) is 0 Å². The molecule has 0 unspecified atom stereocenters. The number of aromatic nitrogens is 2. The minimum absolute atomic E-state index is 0.628. The average Bonchev–Trinajstić information content (AvgIpc) is 2.31. The van der Waals surface area contributed by atoms with Crippen molar-refractivity contribution < 1.29 is 0 Å². The van der Waals surface area contributed by atoms with E-state index < -0.39 is 0 Å². The average molecular weight is 328 g/mol. The van der Waals surface area contributed by atoms with Crippen molar-refractivity contribution in [2.24, 2.45) is 5.92 Å². The molecule has 0 radical (unpaired) electrons. The Morgan fingerprint density at radius 2 is 2.08 bits per heavy atom. The predicted octanol–water partition coefficient (Wildman–Crippen LogP) is 3.79. The van der Waals surface area contributed by atoms with Gasteiger partial charge in [0.2, 0.25) is 0 Å². The Labute approximate surface area is 99.8 Å². The number of nitrogens with zero attached hydrogens (tertiary/aromatic N) is 2. The summed E-state index contributed by atoms with van der Waals surface area (Å²) in [4.78, 5) is 4.38. The van der Waals surface area contributed by atoms with Crippen molar-refractivity contribution in [3.63, 3.8) is 0 Å². The molecule has 0 bridgehead atoms. The summed E-state index contributed by atoms with van der Waals surface area (Å²) in [5.74, 6) is 0.628. The molecule has 13 heavy (non-hydrogen) atoms. The third-order valence-electron chi connectivity index (χ3n) is 1.56. The van der Waals surface area contributed by atoms with E-state index in [1.807, 2.05) is 6.26 Å². The summed E-state index contributed by atoms with van der Waals surface area (Å²) < 4.78 is 4.10. The Hall–Kier alpha value is 0.520. The lowest BCUT2D eigenvalue weighted by Crippen LogP contribution is -2.05. The van der Waals surface area contributed by atoms with Crippen LogP contribution in [0.2, 0.25) is 0 Å². The second kappa shape index (κ2) is 4.84. The normalized spacial score (nSPS) is 11.2. The summed E-state index contributed by atoms with van der Waals surface area (Å²) in [5.41, 5.74) is 0. The van der Waals surface area contributed by atoms with E-state index in [2.05, 4.69) is 55.3 Å². The number of thioether (sulfide) groups is 1. The molecule has 74 valence electrons. The molecule has 1 aromatic heterocycles. The number of imidazole rings is 1. The van der Waals surface area contributed by atoms with Crippen molar-refractivity contribution >= 4 is 43.6 Å². The largest absolute Gasteiger partial charge is 0.312 e. The van der Waals surface area contributed by atoms with Gasteiger partial charge in [0.15, 0.2) is 5.16 Å². The molecule has 0 N–H and O–H groups in total. The molecule has 0 saturated heterocycles. The maximum Gasteiger partial charge on any atom is 0.169 e. The Kier molecular flexibility index (Phi) is 4.32. The first kappa shape index (κ1) is 11.6. The Morgan fingerprint density at radius 3 is 2.54 bits per heavy atom. The van der Waals surface area contributed by atoms with Crippen LogP contribution in [0.1, 0.15) is 13.8 Å². The van der Waals surface area contributed by atoms with Crippen LogP contribution in [0, 0.1) is 5.92 Å². The van der Waals surface area contributed by atoms with Crippen molar-refractivity contribution in [1.82, 2.24) is 9.55 Å². The van der Waals surface area contributed by atoms with Crippen LogP contribution in [0.5, 0.6) is 0 Å². The van der Waals surface area contributed by atoms with E-state index in [1.165, 1.54) is 0 Å². The molecular formula is C8H12Br2N2S. The smallest absolute Gasteiger partial charge is 0.169 e. The Balaban J connectivity index is 3.01. The third kappa shape index (κ3) is 2.73. The fourth-order valence-corrected chi connectivity index (χ4v) is 2.65. The van der Waals surface area contributed by atoms with Crippen molar-refractivity contribution in [3.8, 4) is 0 Å². The highest BCUT2D eigenvalue weighted by Crippen LogP contribution is 2.28. The van der Waals surface area contributed by atoms with Gasteiger partial charge in [-0.15, -0.1) is 0 Å². The van der Waals surface area contributed by atoms with E-state index in [0.29, 0.717) is 5.92 Å². The number of rotatable bonds is 3. The molecule has 1 rings (SSSR count). The summed E-state index contributed by atoms with van der Waals surface area (Å²) in [6.45, 7) is 5.39. The van der Waals surface area contributed by atoms with Crippen LogP contribution < -0.4 is 0 Å². The highest BCUT2D eigenvalue weighted by atomic mass is 79.9. The van der Waals surface area contributed by atoms with E-state index in [-0.39, 0.29) is 0 Å². The van der Waals surface area contributed by atoms with Gasteiger partial charge >= 0.3 is 0 Å². The van der Waals surface area contributed by atoms with Crippen LogP contribution in [-0.4, -0.2) is 15.8 Å². The molecule has 0 amide bonds. The van der Waals surface area contributed by atoms with Gasteiger partial charge in [-0.3, -0.25) is 0 Å². The quantitative estimate of drug-likeness (QED) is 0.786. The molecule has 0 atom stereocenters. The number of hydrogen-bond donors (Lipinski definition) is 0. The van der Waals surface area contributed by atoms with Crippen LogP contribution in [0.3, 0.4) is 0 Å². The van der Waals surface area contributed by atoms with Crippen molar-refractivity contribution in [2.45, 2.75) is 25.5 Å². The van der Waals surface area contributed by atoms with Gasteiger partial charge in [-0.1, -0.05) is 25.6 Å².